The molecule has 1 fully saturated rings. The Morgan fingerprint density at radius 1 is 1.13 bits per heavy atom. The molecule has 4 aromatic rings. The fourth-order valence-corrected chi connectivity index (χ4v) is 5.29. The molecule has 1 aromatic carbocycles. The number of nitrogens with zero attached hydrogens (tertiary/aromatic N) is 4. The molecule has 0 spiro atoms. The van der Waals surface area contributed by atoms with Crippen LogP contribution in [0.25, 0.3) is 21.5 Å². The molecule has 7 heteroatoms. The SMILES string of the molecule is C[C@@H](Nc1nc2ccc(Oc3ccnc(-c4cnn(C)c4)c3)cc2s1)C1CCCCC1. The van der Waals surface area contributed by atoms with E-state index in [9.17, 15) is 0 Å². The van der Waals surface area contributed by atoms with Crippen LogP contribution in [0.5, 0.6) is 11.5 Å². The first-order valence-corrected chi connectivity index (χ1v) is 11.8. The maximum atomic E-state index is 6.13. The van der Waals surface area contributed by atoms with E-state index in [1.807, 2.05) is 37.5 Å². The lowest BCUT2D eigenvalue weighted by Gasteiger charge is -2.28. The average Bonchev–Trinajstić information content (AvgIpc) is 3.40. The summed E-state index contributed by atoms with van der Waals surface area (Å²) in [6.45, 7) is 2.29. The van der Waals surface area contributed by atoms with Gasteiger partial charge in [-0.1, -0.05) is 30.6 Å². The van der Waals surface area contributed by atoms with Gasteiger partial charge in [0.1, 0.15) is 11.5 Å². The number of hydrogen-bond acceptors (Lipinski definition) is 6. The number of pyridine rings is 1. The normalized spacial score (nSPS) is 15.8. The monoisotopic (exact) mass is 433 g/mol. The quantitative estimate of drug-likeness (QED) is 0.388. The van der Waals surface area contributed by atoms with Crippen molar-refractivity contribution in [1.29, 1.82) is 0 Å². The number of ether oxygens (including phenoxy) is 1. The molecule has 0 unspecified atom stereocenters. The lowest BCUT2D eigenvalue weighted by Crippen LogP contribution is -2.27. The third-order valence-corrected chi connectivity index (χ3v) is 6.99. The van der Waals surface area contributed by atoms with Crippen LogP contribution in [0.2, 0.25) is 0 Å². The molecule has 3 heterocycles. The second-order valence-corrected chi connectivity index (χ2v) is 9.39. The van der Waals surface area contributed by atoms with Gasteiger partial charge in [0.15, 0.2) is 5.13 Å². The summed E-state index contributed by atoms with van der Waals surface area (Å²) in [6.07, 6.45) is 12.3. The first-order chi connectivity index (χ1) is 15.1. The summed E-state index contributed by atoms with van der Waals surface area (Å²) in [5, 5.41) is 8.86. The number of aromatic nitrogens is 4. The zero-order valence-electron chi connectivity index (χ0n) is 17.9. The smallest absolute Gasteiger partial charge is 0.184 e. The van der Waals surface area contributed by atoms with Crippen LogP contribution in [0.15, 0.2) is 48.9 Å². The van der Waals surface area contributed by atoms with Gasteiger partial charge < -0.3 is 10.1 Å². The van der Waals surface area contributed by atoms with Crippen molar-refractivity contribution in [3.8, 4) is 22.8 Å². The van der Waals surface area contributed by atoms with Crippen molar-refractivity contribution >= 4 is 26.7 Å². The van der Waals surface area contributed by atoms with Gasteiger partial charge in [0.05, 0.1) is 22.1 Å². The van der Waals surface area contributed by atoms with Crippen LogP contribution in [-0.4, -0.2) is 25.8 Å². The zero-order chi connectivity index (χ0) is 21.2. The predicted octanol–water partition coefficient (Wildman–Crippen LogP) is 6.26. The number of benzene rings is 1. The van der Waals surface area contributed by atoms with Crippen LogP contribution in [0, 0.1) is 5.92 Å². The summed E-state index contributed by atoms with van der Waals surface area (Å²) in [5.74, 6) is 2.30. The first-order valence-electron chi connectivity index (χ1n) is 10.9. The molecule has 0 saturated heterocycles. The number of hydrogen-bond donors (Lipinski definition) is 1. The Labute approximate surface area is 186 Å². The van der Waals surface area contributed by atoms with Crippen molar-refractivity contribution in [2.24, 2.45) is 13.0 Å². The minimum Gasteiger partial charge on any atom is -0.457 e. The molecule has 6 nitrogen and oxygen atoms in total. The fourth-order valence-electron chi connectivity index (χ4n) is 4.30. The third-order valence-electron chi connectivity index (χ3n) is 6.04. The van der Waals surface area contributed by atoms with Gasteiger partial charge in [-0.05, 0) is 43.9 Å². The van der Waals surface area contributed by atoms with E-state index in [1.165, 1.54) is 32.1 Å². The largest absolute Gasteiger partial charge is 0.457 e. The highest BCUT2D eigenvalue weighted by Crippen LogP contribution is 2.34. The standard InChI is InChI=1S/C24H27N5OS/c1-16(17-6-4-3-5-7-17)27-24-28-21-9-8-19(13-23(21)31-24)30-20-10-11-25-22(12-20)18-14-26-29(2)15-18/h8-17H,3-7H2,1-2H3,(H,27,28)/t16-/m1/s1. The molecule has 5 rings (SSSR count). The summed E-state index contributed by atoms with van der Waals surface area (Å²) in [7, 11) is 1.90. The van der Waals surface area contributed by atoms with Crippen LogP contribution in [0.4, 0.5) is 5.13 Å². The number of nitrogens with one attached hydrogen (secondary N) is 1. The van der Waals surface area contributed by atoms with Crippen LogP contribution in [0.3, 0.4) is 0 Å². The predicted molar refractivity (Wildman–Crippen MR) is 126 cm³/mol. The molecule has 1 N–H and O–H groups in total. The van der Waals surface area contributed by atoms with Crippen molar-refractivity contribution in [2.75, 3.05) is 5.32 Å². The average molecular weight is 434 g/mol. The molecule has 160 valence electrons. The van der Waals surface area contributed by atoms with E-state index >= 15 is 0 Å². The van der Waals surface area contributed by atoms with Gasteiger partial charge in [-0.25, -0.2) is 4.98 Å². The Kier molecular flexibility index (Phi) is 5.59. The summed E-state index contributed by atoms with van der Waals surface area (Å²) in [6, 6.07) is 10.3. The van der Waals surface area contributed by atoms with Gasteiger partial charge in [-0.2, -0.15) is 5.10 Å². The maximum absolute atomic E-state index is 6.13. The lowest BCUT2D eigenvalue weighted by molar-refractivity contribution is 0.328. The number of aryl methyl sites for hydroxylation is 1. The Morgan fingerprint density at radius 3 is 2.77 bits per heavy atom. The third kappa shape index (κ3) is 4.56. The Hall–Kier alpha value is -2.93. The number of rotatable bonds is 6. The molecule has 1 aliphatic rings. The van der Waals surface area contributed by atoms with Gasteiger partial charge in [0, 0.05) is 43.2 Å². The Balaban J connectivity index is 1.31. The van der Waals surface area contributed by atoms with Crippen LogP contribution < -0.4 is 10.1 Å². The first kappa shape index (κ1) is 20.0. The van der Waals surface area contributed by atoms with Crippen LogP contribution in [-0.2, 0) is 7.05 Å². The lowest BCUT2D eigenvalue weighted by atomic mass is 9.85. The number of anilines is 1. The van der Waals surface area contributed by atoms with Gasteiger partial charge in [0.2, 0.25) is 0 Å². The molecule has 0 radical (unpaired) electrons. The topological polar surface area (TPSA) is 64.9 Å². The maximum Gasteiger partial charge on any atom is 0.184 e. The fraction of sp³-hybridized carbons (Fsp3) is 0.375. The molecule has 3 aromatic heterocycles. The number of thiazole rings is 1. The molecule has 0 aliphatic heterocycles. The number of fused-ring (bicyclic) bond motifs is 1. The zero-order valence-corrected chi connectivity index (χ0v) is 18.7. The molecule has 1 saturated carbocycles. The second kappa shape index (κ2) is 8.67. The minimum atomic E-state index is 0.458. The van der Waals surface area contributed by atoms with E-state index in [4.69, 9.17) is 9.72 Å². The van der Waals surface area contributed by atoms with Crippen molar-refractivity contribution in [3.63, 3.8) is 0 Å². The molecule has 1 atom stereocenters. The minimum absolute atomic E-state index is 0.458. The Morgan fingerprint density at radius 2 is 1.97 bits per heavy atom. The summed E-state index contributed by atoms with van der Waals surface area (Å²) in [4.78, 5) is 9.22. The van der Waals surface area contributed by atoms with Gasteiger partial charge >= 0.3 is 0 Å². The van der Waals surface area contributed by atoms with Gasteiger partial charge in [-0.3, -0.25) is 9.67 Å². The summed E-state index contributed by atoms with van der Waals surface area (Å²) < 4.78 is 9.02. The molecule has 31 heavy (non-hydrogen) atoms. The van der Waals surface area contributed by atoms with Gasteiger partial charge in [0.25, 0.3) is 0 Å². The van der Waals surface area contributed by atoms with E-state index in [1.54, 1.807) is 28.4 Å². The second-order valence-electron chi connectivity index (χ2n) is 8.36. The van der Waals surface area contributed by atoms with E-state index < -0.39 is 0 Å². The van der Waals surface area contributed by atoms with Gasteiger partial charge in [-0.15, -0.1) is 0 Å². The van der Waals surface area contributed by atoms with Crippen molar-refractivity contribution in [2.45, 2.75) is 45.1 Å². The highest BCUT2D eigenvalue weighted by Gasteiger charge is 2.21. The molecular formula is C24H27N5OS. The Bertz CT molecular complexity index is 1180. The molecular weight excluding hydrogens is 406 g/mol. The highest BCUT2D eigenvalue weighted by molar-refractivity contribution is 7.22. The molecule has 0 bridgehead atoms. The van der Waals surface area contributed by atoms with E-state index in [0.29, 0.717) is 6.04 Å². The summed E-state index contributed by atoms with van der Waals surface area (Å²) >= 11 is 1.69. The van der Waals surface area contributed by atoms with E-state index in [0.717, 1.165) is 44.0 Å². The highest BCUT2D eigenvalue weighted by atomic mass is 32.1. The van der Waals surface area contributed by atoms with Crippen molar-refractivity contribution < 1.29 is 4.74 Å². The van der Waals surface area contributed by atoms with E-state index in [2.05, 4.69) is 28.4 Å². The summed E-state index contributed by atoms with van der Waals surface area (Å²) in [5.41, 5.74) is 2.81. The van der Waals surface area contributed by atoms with Crippen molar-refractivity contribution in [1.82, 2.24) is 19.7 Å². The molecule has 0 amide bonds. The van der Waals surface area contributed by atoms with Crippen LogP contribution in [0.1, 0.15) is 39.0 Å². The van der Waals surface area contributed by atoms with Crippen molar-refractivity contribution in [3.05, 3.63) is 48.9 Å². The van der Waals surface area contributed by atoms with E-state index in [-0.39, 0.29) is 0 Å². The molecule has 1 aliphatic carbocycles. The van der Waals surface area contributed by atoms with Crippen LogP contribution >= 0.6 is 11.3 Å².